The Morgan fingerprint density at radius 2 is 2.06 bits per heavy atom. The fraction of sp³-hybridized carbons (Fsp3) is 0.400. The SMILES string of the molecule is CCCCc1ccc([N+](=O)[O-])cc1S(N)(=O)=O. The third kappa shape index (κ3) is 3.50. The normalized spacial score (nSPS) is 11.4. The molecule has 0 amide bonds. The number of nitrogens with two attached hydrogens (primary N) is 1. The number of sulfonamides is 1. The smallest absolute Gasteiger partial charge is 0.258 e. The molecule has 1 aromatic carbocycles. The Morgan fingerprint density at radius 3 is 2.53 bits per heavy atom. The van der Waals surface area contributed by atoms with Gasteiger partial charge >= 0.3 is 0 Å². The number of benzene rings is 1. The van der Waals surface area contributed by atoms with Gasteiger partial charge in [-0.3, -0.25) is 10.1 Å². The van der Waals surface area contributed by atoms with Crippen LogP contribution in [-0.4, -0.2) is 13.3 Å². The van der Waals surface area contributed by atoms with E-state index in [2.05, 4.69) is 0 Å². The number of non-ortho nitro benzene ring substituents is 1. The first-order valence-electron chi connectivity index (χ1n) is 5.16. The van der Waals surface area contributed by atoms with E-state index in [1.807, 2.05) is 6.92 Å². The largest absolute Gasteiger partial charge is 0.270 e. The zero-order chi connectivity index (χ0) is 13.1. The van der Waals surface area contributed by atoms with Crippen LogP contribution in [0.1, 0.15) is 25.3 Å². The molecular formula is C10H14N2O4S. The van der Waals surface area contributed by atoms with Gasteiger partial charge in [-0.1, -0.05) is 19.4 Å². The fourth-order valence-electron chi connectivity index (χ4n) is 1.50. The lowest BCUT2D eigenvalue weighted by molar-refractivity contribution is -0.385. The van der Waals surface area contributed by atoms with Crippen LogP contribution >= 0.6 is 0 Å². The second-order valence-electron chi connectivity index (χ2n) is 3.70. The van der Waals surface area contributed by atoms with E-state index < -0.39 is 14.9 Å². The van der Waals surface area contributed by atoms with Crippen molar-refractivity contribution in [2.24, 2.45) is 5.14 Å². The van der Waals surface area contributed by atoms with E-state index >= 15 is 0 Å². The quantitative estimate of drug-likeness (QED) is 0.639. The fourth-order valence-corrected chi connectivity index (χ4v) is 2.32. The zero-order valence-corrected chi connectivity index (χ0v) is 10.2. The van der Waals surface area contributed by atoms with Crippen LogP contribution in [0.3, 0.4) is 0 Å². The third-order valence-corrected chi connectivity index (χ3v) is 3.36. The molecule has 7 heteroatoms. The van der Waals surface area contributed by atoms with Gasteiger partial charge in [-0.2, -0.15) is 0 Å². The Morgan fingerprint density at radius 1 is 1.41 bits per heavy atom. The highest BCUT2D eigenvalue weighted by atomic mass is 32.2. The van der Waals surface area contributed by atoms with Crippen molar-refractivity contribution >= 4 is 15.7 Å². The van der Waals surface area contributed by atoms with Crippen LogP contribution in [0.2, 0.25) is 0 Å². The minimum absolute atomic E-state index is 0.153. The van der Waals surface area contributed by atoms with Gasteiger partial charge in [-0.05, 0) is 18.4 Å². The number of primary sulfonamides is 1. The molecule has 17 heavy (non-hydrogen) atoms. The van der Waals surface area contributed by atoms with Crippen LogP contribution in [0, 0.1) is 10.1 Å². The second-order valence-corrected chi connectivity index (χ2v) is 5.23. The van der Waals surface area contributed by atoms with Gasteiger partial charge < -0.3 is 0 Å². The predicted octanol–water partition coefficient (Wildman–Crippen LogP) is 1.58. The minimum atomic E-state index is -3.92. The summed E-state index contributed by atoms with van der Waals surface area (Å²) in [5.74, 6) is 0. The molecule has 0 fully saturated rings. The van der Waals surface area contributed by atoms with Crippen LogP contribution in [0.4, 0.5) is 5.69 Å². The van der Waals surface area contributed by atoms with E-state index in [4.69, 9.17) is 5.14 Å². The summed E-state index contributed by atoms with van der Waals surface area (Å²) in [5, 5.41) is 15.6. The molecule has 0 unspecified atom stereocenters. The van der Waals surface area contributed by atoms with Crippen LogP contribution in [0.25, 0.3) is 0 Å². The maximum absolute atomic E-state index is 11.3. The molecule has 0 aliphatic heterocycles. The van der Waals surface area contributed by atoms with Gasteiger partial charge in [-0.25, -0.2) is 13.6 Å². The highest BCUT2D eigenvalue weighted by Gasteiger charge is 2.18. The first-order valence-corrected chi connectivity index (χ1v) is 6.71. The molecule has 2 N–H and O–H groups in total. The van der Waals surface area contributed by atoms with Gasteiger partial charge in [0, 0.05) is 12.1 Å². The Labute approximate surface area is 99.6 Å². The number of hydrogen-bond donors (Lipinski definition) is 1. The topological polar surface area (TPSA) is 103 Å². The molecule has 0 spiro atoms. The van der Waals surface area contributed by atoms with Crippen molar-refractivity contribution in [1.82, 2.24) is 0 Å². The first kappa shape index (κ1) is 13.6. The number of aryl methyl sites for hydroxylation is 1. The monoisotopic (exact) mass is 258 g/mol. The van der Waals surface area contributed by atoms with Crippen molar-refractivity contribution in [2.45, 2.75) is 31.1 Å². The Bertz CT molecular complexity index is 525. The summed E-state index contributed by atoms with van der Waals surface area (Å²) in [6.07, 6.45) is 2.25. The van der Waals surface area contributed by atoms with Crippen molar-refractivity contribution in [3.63, 3.8) is 0 Å². The van der Waals surface area contributed by atoms with Gasteiger partial charge in [0.2, 0.25) is 10.0 Å². The van der Waals surface area contributed by atoms with E-state index in [0.717, 1.165) is 18.9 Å². The lowest BCUT2D eigenvalue weighted by Gasteiger charge is -2.06. The Balaban J connectivity index is 3.27. The molecule has 6 nitrogen and oxygen atoms in total. The third-order valence-electron chi connectivity index (χ3n) is 2.37. The molecule has 0 bridgehead atoms. The lowest BCUT2D eigenvalue weighted by Crippen LogP contribution is -2.15. The van der Waals surface area contributed by atoms with Crippen LogP contribution in [-0.2, 0) is 16.4 Å². The van der Waals surface area contributed by atoms with Crippen molar-refractivity contribution in [3.8, 4) is 0 Å². The minimum Gasteiger partial charge on any atom is -0.258 e. The standard InChI is InChI=1S/C10H14N2O4S/c1-2-3-4-8-5-6-9(12(13)14)7-10(8)17(11,15)16/h5-7H,2-4H2,1H3,(H2,11,15,16). The molecule has 0 aliphatic rings. The summed E-state index contributed by atoms with van der Waals surface area (Å²) in [7, 11) is -3.92. The maximum Gasteiger partial charge on any atom is 0.270 e. The summed E-state index contributed by atoms with van der Waals surface area (Å²) in [5.41, 5.74) is 0.259. The average molecular weight is 258 g/mol. The van der Waals surface area contributed by atoms with Crippen molar-refractivity contribution in [3.05, 3.63) is 33.9 Å². The van der Waals surface area contributed by atoms with Crippen LogP contribution < -0.4 is 5.14 Å². The summed E-state index contributed by atoms with van der Waals surface area (Å²) in [6.45, 7) is 1.97. The van der Waals surface area contributed by atoms with Crippen molar-refractivity contribution in [1.29, 1.82) is 0 Å². The molecule has 0 saturated heterocycles. The van der Waals surface area contributed by atoms with Gasteiger partial charge in [0.1, 0.15) is 0 Å². The van der Waals surface area contributed by atoms with Gasteiger partial charge in [0.15, 0.2) is 0 Å². The molecule has 0 aromatic heterocycles. The molecule has 0 aliphatic carbocycles. The van der Waals surface area contributed by atoms with Crippen molar-refractivity contribution < 1.29 is 13.3 Å². The van der Waals surface area contributed by atoms with Gasteiger partial charge in [0.25, 0.3) is 5.69 Å². The summed E-state index contributed by atoms with van der Waals surface area (Å²) >= 11 is 0. The highest BCUT2D eigenvalue weighted by Crippen LogP contribution is 2.22. The molecule has 1 rings (SSSR count). The number of rotatable bonds is 5. The zero-order valence-electron chi connectivity index (χ0n) is 9.42. The molecule has 1 aromatic rings. The number of nitro benzene ring substituents is 1. The van der Waals surface area contributed by atoms with E-state index in [-0.39, 0.29) is 10.6 Å². The van der Waals surface area contributed by atoms with Gasteiger partial charge in [-0.15, -0.1) is 0 Å². The second kappa shape index (κ2) is 5.24. The molecular weight excluding hydrogens is 244 g/mol. The van der Waals surface area contributed by atoms with E-state index in [1.54, 1.807) is 0 Å². The number of nitro groups is 1. The molecule has 94 valence electrons. The molecule has 0 radical (unpaired) electrons. The Kier molecular flexibility index (Phi) is 4.19. The number of hydrogen-bond acceptors (Lipinski definition) is 4. The van der Waals surface area contributed by atoms with E-state index in [1.165, 1.54) is 12.1 Å². The van der Waals surface area contributed by atoms with E-state index in [9.17, 15) is 18.5 Å². The number of nitrogens with zero attached hydrogens (tertiary/aromatic N) is 1. The van der Waals surface area contributed by atoms with Crippen LogP contribution in [0.5, 0.6) is 0 Å². The summed E-state index contributed by atoms with van der Waals surface area (Å²) in [6, 6.07) is 3.76. The first-order chi connectivity index (χ1) is 7.86. The van der Waals surface area contributed by atoms with E-state index in [0.29, 0.717) is 12.0 Å². The number of unbranched alkanes of at least 4 members (excludes halogenated alkanes) is 1. The average Bonchev–Trinajstić information content (AvgIpc) is 2.24. The van der Waals surface area contributed by atoms with Crippen LogP contribution in [0.15, 0.2) is 23.1 Å². The summed E-state index contributed by atoms with van der Waals surface area (Å²) < 4.78 is 22.7. The Hall–Kier alpha value is -1.47. The van der Waals surface area contributed by atoms with Crippen molar-refractivity contribution in [2.75, 3.05) is 0 Å². The highest BCUT2D eigenvalue weighted by molar-refractivity contribution is 7.89. The molecule has 0 saturated carbocycles. The summed E-state index contributed by atoms with van der Waals surface area (Å²) in [4.78, 5) is 9.78. The predicted molar refractivity (Wildman–Crippen MR) is 63.1 cm³/mol. The lowest BCUT2D eigenvalue weighted by atomic mass is 10.1. The van der Waals surface area contributed by atoms with Gasteiger partial charge in [0.05, 0.1) is 9.82 Å². The molecule has 0 heterocycles. The maximum atomic E-state index is 11.3. The molecule has 0 atom stereocenters.